The van der Waals surface area contributed by atoms with Gasteiger partial charge in [-0.25, -0.2) is 13.2 Å². The molecule has 5 rings (SSSR count). The maximum Gasteiger partial charge on any atom is 0.409 e. The van der Waals surface area contributed by atoms with Crippen molar-refractivity contribution in [3.63, 3.8) is 0 Å². The van der Waals surface area contributed by atoms with Crippen LogP contribution in [0, 0.1) is 0 Å². The molecule has 0 N–H and O–H groups in total. The molecule has 0 aliphatic carbocycles. The highest BCUT2D eigenvalue weighted by molar-refractivity contribution is 7.89. The summed E-state index contributed by atoms with van der Waals surface area (Å²) in [5, 5.41) is 0.478. The summed E-state index contributed by atoms with van der Waals surface area (Å²) in [4.78, 5) is 17.6. The Labute approximate surface area is 231 Å². The Kier molecular flexibility index (Phi) is 8.33. The topological polar surface area (TPSA) is 70.2 Å². The standard InChI is InChI=1S/C29H38ClN3O4S/c1-29(23-8-4-2-5-9-23)17-14-26(33(29)38(35,36)27-12-10-24(30)11-13-27)22-37-28(34)32-20-15-25(16-21-32)31-18-6-3-7-19-31/h2,4-5,8-13,25-26H,3,6-7,14-22H2,1H3/t26-,29?/m1/s1. The molecule has 3 heterocycles. The summed E-state index contributed by atoms with van der Waals surface area (Å²) in [6.07, 6.45) is 6.65. The van der Waals surface area contributed by atoms with E-state index >= 15 is 0 Å². The van der Waals surface area contributed by atoms with Gasteiger partial charge in [0.2, 0.25) is 10.0 Å². The van der Waals surface area contributed by atoms with E-state index in [1.807, 2.05) is 37.3 Å². The first-order valence-corrected chi connectivity index (χ1v) is 15.6. The van der Waals surface area contributed by atoms with Crippen LogP contribution in [0.1, 0.15) is 57.4 Å². The van der Waals surface area contributed by atoms with E-state index in [-0.39, 0.29) is 17.6 Å². The van der Waals surface area contributed by atoms with Crippen molar-refractivity contribution in [3.05, 3.63) is 65.2 Å². The molecule has 3 fully saturated rings. The normalized spacial score (nSPS) is 25.9. The molecule has 0 aromatic heterocycles. The number of piperidine rings is 2. The van der Waals surface area contributed by atoms with Gasteiger partial charge in [-0.3, -0.25) is 0 Å². The van der Waals surface area contributed by atoms with E-state index in [4.69, 9.17) is 16.3 Å². The molecule has 0 spiro atoms. The molecule has 1 unspecified atom stereocenters. The second kappa shape index (κ2) is 11.5. The number of sulfonamides is 1. The Balaban J connectivity index is 1.29. The highest BCUT2D eigenvalue weighted by atomic mass is 35.5. The second-order valence-electron chi connectivity index (χ2n) is 11.0. The first-order valence-electron chi connectivity index (χ1n) is 13.8. The van der Waals surface area contributed by atoms with Gasteiger partial charge >= 0.3 is 6.09 Å². The average Bonchev–Trinajstić information content (AvgIpc) is 3.31. The van der Waals surface area contributed by atoms with E-state index in [0.29, 0.717) is 37.0 Å². The zero-order valence-electron chi connectivity index (χ0n) is 22.1. The number of rotatable bonds is 6. The Morgan fingerprint density at radius 1 is 0.947 bits per heavy atom. The van der Waals surface area contributed by atoms with Crippen LogP contribution in [0.4, 0.5) is 4.79 Å². The molecule has 0 bridgehead atoms. The first-order chi connectivity index (χ1) is 18.3. The van der Waals surface area contributed by atoms with E-state index in [1.54, 1.807) is 21.3 Å². The molecule has 2 aromatic rings. The summed E-state index contributed by atoms with van der Waals surface area (Å²) in [6.45, 7) is 5.67. The fourth-order valence-electron chi connectivity index (χ4n) is 6.44. The van der Waals surface area contributed by atoms with Gasteiger partial charge in [-0.2, -0.15) is 4.31 Å². The van der Waals surface area contributed by atoms with Crippen molar-refractivity contribution in [2.45, 2.75) is 74.4 Å². The SMILES string of the molecule is CC1(c2ccccc2)CC[C@H](COC(=O)N2CCC(N3CCCCC3)CC2)N1S(=O)(=O)c1ccc(Cl)cc1. The quantitative estimate of drug-likeness (QED) is 0.468. The highest BCUT2D eigenvalue weighted by Gasteiger charge is 2.51. The van der Waals surface area contributed by atoms with Gasteiger partial charge in [0.15, 0.2) is 0 Å². The molecule has 2 aromatic carbocycles. The van der Waals surface area contributed by atoms with Crippen molar-refractivity contribution in [1.29, 1.82) is 0 Å². The van der Waals surface area contributed by atoms with Crippen LogP contribution in [0.2, 0.25) is 5.02 Å². The second-order valence-corrected chi connectivity index (χ2v) is 13.2. The predicted octanol–water partition coefficient (Wildman–Crippen LogP) is 5.50. The van der Waals surface area contributed by atoms with Crippen molar-refractivity contribution >= 4 is 27.7 Å². The van der Waals surface area contributed by atoms with Gasteiger partial charge in [0, 0.05) is 24.2 Å². The zero-order valence-corrected chi connectivity index (χ0v) is 23.7. The van der Waals surface area contributed by atoms with Crippen LogP contribution in [0.5, 0.6) is 0 Å². The Morgan fingerprint density at radius 2 is 1.61 bits per heavy atom. The molecular weight excluding hydrogens is 522 g/mol. The lowest BCUT2D eigenvalue weighted by atomic mass is 9.91. The van der Waals surface area contributed by atoms with E-state index in [2.05, 4.69) is 4.90 Å². The Hall–Kier alpha value is -2.13. The highest BCUT2D eigenvalue weighted by Crippen LogP contribution is 2.45. The third-order valence-electron chi connectivity index (χ3n) is 8.58. The summed E-state index contributed by atoms with van der Waals surface area (Å²) in [6, 6.07) is 16.0. The maximum atomic E-state index is 14.0. The molecule has 38 heavy (non-hydrogen) atoms. The van der Waals surface area contributed by atoms with Crippen LogP contribution in [-0.2, 0) is 20.3 Å². The monoisotopic (exact) mass is 559 g/mol. The molecule has 3 saturated heterocycles. The van der Waals surface area contributed by atoms with Crippen LogP contribution < -0.4 is 0 Å². The molecule has 0 saturated carbocycles. The minimum absolute atomic E-state index is 0.0279. The summed E-state index contributed by atoms with van der Waals surface area (Å²) >= 11 is 6.04. The molecule has 9 heteroatoms. The molecule has 206 valence electrons. The third kappa shape index (κ3) is 5.60. The number of benzene rings is 2. The van der Waals surface area contributed by atoms with E-state index in [9.17, 15) is 13.2 Å². The summed E-state index contributed by atoms with van der Waals surface area (Å²) < 4.78 is 35.4. The fraction of sp³-hybridized carbons (Fsp3) is 0.552. The van der Waals surface area contributed by atoms with Crippen molar-refractivity contribution in [3.8, 4) is 0 Å². The van der Waals surface area contributed by atoms with E-state index < -0.39 is 21.6 Å². The molecule has 3 aliphatic heterocycles. The lowest BCUT2D eigenvalue weighted by molar-refractivity contribution is 0.0547. The van der Waals surface area contributed by atoms with Gasteiger partial charge < -0.3 is 14.5 Å². The van der Waals surface area contributed by atoms with Crippen molar-refractivity contribution in [1.82, 2.24) is 14.1 Å². The van der Waals surface area contributed by atoms with Crippen LogP contribution >= 0.6 is 11.6 Å². The predicted molar refractivity (Wildman–Crippen MR) is 149 cm³/mol. The Bertz CT molecular complexity index is 1200. The number of nitrogens with zero attached hydrogens (tertiary/aromatic N) is 3. The van der Waals surface area contributed by atoms with Crippen LogP contribution in [0.15, 0.2) is 59.5 Å². The number of carbonyl (C=O) groups is 1. The number of likely N-dealkylation sites (tertiary alicyclic amines) is 2. The smallest absolute Gasteiger partial charge is 0.409 e. The minimum Gasteiger partial charge on any atom is -0.448 e. The molecule has 2 atom stereocenters. The summed E-state index contributed by atoms with van der Waals surface area (Å²) in [5.41, 5.74) is 0.162. The maximum absolute atomic E-state index is 14.0. The van der Waals surface area contributed by atoms with Gasteiger partial charge in [-0.15, -0.1) is 0 Å². The number of hydrogen-bond acceptors (Lipinski definition) is 5. The lowest BCUT2D eigenvalue weighted by Crippen LogP contribution is -2.50. The molecule has 1 amide bonds. The number of halogens is 1. The molecule has 0 radical (unpaired) electrons. The van der Waals surface area contributed by atoms with Gasteiger partial charge in [0.1, 0.15) is 6.61 Å². The number of ether oxygens (including phenoxy) is 1. The summed E-state index contributed by atoms with van der Waals surface area (Å²) in [5.74, 6) is 0. The van der Waals surface area contributed by atoms with Crippen LogP contribution in [-0.4, -0.2) is 73.5 Å². The minimum atomic E-state index is -3.89. The first kappa shape index (κ1) is 27.4. The molecule has 7 nitrogen and oxygen atoms in total. The van der Waals surface area contributed by atoms with Gasteiger partial charge in [0.25, 0.3) is 0 Å². The summed E-state index contributed by atoms with van der Waals surface area (Å²) in [7, 11) is -3.89. The van der Waals surface area contributed by atoms with Crippen LogP contribution in [0.3, 0.4) is 0 Å². The van der Waals surface area contributed by atoms with E-state index in [1.165, 1.54) is 31.4 Å². The number of hydrogen-bond donors (Lipinski definition) is 0. The van der Waals surface area contributed by atoms with Gasteiger partial charge in [-0.05, 0) is 88.4 Å². The van der Waals surface area contributed by atoms with Crippen molar-refractivity contribution in [2.24, 2.45) is 0 Å². The average molecular weight is 560 g/mol. The molecule has 3 aliphatic rings. The Morgan fingerprint density at radius 3 is 2.26 bits per heavy atom. The number of amides is 1. The van der Waals surface area contributed by atoms with Gasteiger partial charge in [-0.1, -0.05) is 48.4 Å². The van der Waals surface area contributed by atoms with Gasteiger partial charge in [0.05, 0.1) is 16.5 Å². The number of carbonyl (C=O) groups excluding carboxylic acids is 1. The van der Waals surface area contributed by atoms with Crippen molar-refractivity contribution in [2.75, 3.05) is 32.8 Å². The third-order valence-corrected chi connectivity index (χ3v) is 10.9. The largest absolute Gasteiger partial charge is 0.448 e. The fourth-order valence-corrected chi connectivity index (χ4v) is 8.55. The van der Waals surface area contributed by atoms with Crippen molar-refractivity contribution < 1.29 is 17.9 Å². The van der Waals surface area contributed by atoms with E-state index in [0.717, 1.165) is 31.5 Å². The molecular formula is C29H38ClN3O4S. The lowest BCUT2D eigenvalue weighted by Gasteiger charge is -2.40. The zero-order chi connectivity index (χ0) is 26.8. The van der Waals surface area contributed by atoms with Crippen LogP contribution in [0.25, 0.3) is 0 Å².